The van der Waals surface area contributed by atoms with Gasteiger partial charge in [-0.15, -0.1) is 0 Å². The van der Waals surface area contributed by atoms with Crippen LogP contribution in [0.1, 0.15) is 27.0 Å². The minimum absolute atomic E-state index is 0.0933. The van der Waals surface area contributed by atoms with Crippen molar-refractivity contribution in [1.82, 2.24) is 4.90 Å². The molecule has 1 fully saturated rings. The molecule has 5 nitrogen and oxygen atoms in total. The van der Waals surface area contributed by atoms with Crippen molar-refractivity contribution in [2.75, 3.05) is 36.0 Å². The van der Waals surface area contributed by atoms with Gasteiger partial charge < -0.3 is 14.7 Å². The Labute approximate surface area is 182 Å². The van der Waals surface area contributed by atoms with Gasteiger partial charge in [-0.1, -0.05) is 24.3 Å². The fourth-order valence-electron chi connectivity index (χ4n) is 4.43. The van der Waals surface area contributed by atoms with Gasteiger partial charge in [0.15, 0.2) is 0 Å². The van der Waals surface area contributed by atoms with Crippen LogP contribution in [0.5, 0.6) is 0 Å². The summed E-state index contributed by atoms with van der Waals surface area (Å²) >= 11 is 0. The van der Waals surface area contributed by atoms with E-state index in [2.05, 4.69) is 52.3 Å². The van der Waals surface area contributed by atoms with Gasteiger partial charge in [-0.05, 0) is 59.7 Å². The Bertz CT molecular complexity index is 1100. The van der Waals surface area contributed by atoms with Crippen molar-refractivity contribution in [3.05, 3.63) is 95.1 Å². The van der Waals surface area contributed by atoms with Crippen LogP contribution in [0.2, 0.25) is 0 Å². The van der Waals surface area contributed by atoms with Crippen LogP contribution >= 0.6 is 0 Å². The second kappa shape index (κ2) is 8.16. The van der Waals surface area contributed by atoms with Gasteiger partial charge >= 0.3 is 0 Å². The minimum atomic E-state index is 0.0933. The number of carbonyl (C=O) groups excluding carboxylic acids is 1. The third kappa shape index (κ3) is 3.85. The summed E-state index contributed by atoms with van der Waals surface area (Å²) < 4.78 is 0. The summed E-state index contributed by atoms with van der Waals surface area (Å²) in [6.07, 6.45) is 0. The van der Waals surface area contributed by atoms with E-state index >= 15 is 0 Å². The van der Waals surface area contributed by atoms with E-state index in [1.807, 2.05) is 41.3 Å². The fraction of sp³-hybridized carbons (Fsp3) is 0.231. The maximum absolute atomic E-state index is 13.0. The quantitative estimate of drug-likeness (QED) is 0.656. The molecule has 154 valence electrons. The van der Waals surface area contributed by atoms with Crippen LogP contribution < -0.4 is 9.80 Å². The summed E-state index contributed by atoms with van der Waals surface area (Å²) in [4.78, 5) is 19.5. The van der Waals surface area contributed by atoms with Gasteiger partial charge in [0.1, 0.15) is 0 Å². The molecule has 0 bridgehead atoms. The molecule has 0 aliphatic carbocycles. The first-order valence-corrected chi connectivity index (χ1v) is 10.7. The van der Waals surface area contributed by atoms with Crippen molar-refractivity contribution < 1.29 is 4.79 Å². The highest BCUT2D eigenvalue weighted by molar-refractivity contribution is 5.94. The first kappa shape index (κ1) is 19.2. The number of carbonyl (C=O) groups is 1. The molecule has 3 aromatic carbocycles. The van der Waals surface area contributed by atoms with Crippen molar-refractivity contribution in [2.45, 2.75) is 13.1 Å². The van der Waals surface area contributed by atoms with Crippen LogP contribution in [0, 0.1) is 11.3 Å². The van der Waals surface area contributed by atoms with E-state index in [9.17, 15) is 4.79 Å². The molecule has 2 heterocycles. The average Bonchev–Trinajstić information content (AvgIpc) is 3.28. The molecular weight excluding hydrogens is 384 g/mol. The number of anilines is 2. The molecule has 0 unspecified atom stereocenters. The zero-order valence-electron chi connectivity index (χ0n) is 17.4. The van der Waals surface area contributed by atoms with Gasteiger partial charge in [0.2, 0.25) is 0 Å². The highest BCUT2D eigenvalue weighted by Crippen LogP contribution is 2.28. The van der Waals surface area contributed by atoms with E-state index < -0.39 is 0 Å². The molecule has 0 spiro atoms. The molecule has 5 rings (SSSR count). The molecule has 1 saturated heterocycles. The molecule has 2 aliphatic heterocycles. The number of nitrogens with zero attached hydrogens (tertiary/aromatic N) is 4. The lowest BCUT2D eigenvalue weighted by Gasteiger charge is -2.36. The van der Waals surface area contributed by atoms with E-state index in [0.717, 1.165) is 43.1 Å². The zero-order valence-corrected chi connectivity index (χ0v) is 17.4. The summed E-state index contributed by atoms with van der Waals surface area (Å²) in [5, 5.41) is 8.95. The van der Waals surface area contributed by atoms with Crippen molar-refractivity contribution in [3.8, 4) is 6.07 Å². The minimum Gasteiger partial charge on any atom is -0.368 e. The number of hydrogen-bond donors (Lipinski definition) is 0. The van der Waals surface area contributed by atoms with E-state index in [0.29, 0.717) is 18.7 Å². The second-order valence-electron chi connectivity index (χ2n) is 8.11. The Balaban J connectivity index is 1.20. The zero-order chi connectivity index (χ0) is 21.2. The van der Waals surface area contributed by atoms with E-state index in [1.54, 1.807) is 0 Å². The molecule has 0 radical (unpaired) electrons. The van der Waals surface area contributed by atoms with Crippen molar-refractivity contribution in [1.29, 1.82) is 5.26 Å². The van der Waals surface area contributed by atoms with Crippen LogP contribution in [0.15, 0.2) is 72.8 Å². The predicted molar refractivity (Wildman–Crippen MR) is 122 cm³/mol. The Morgan fingerprint density at radius 3 is 1.84 bits per heavy atom. The first-order chi connectivity index (χ1) is 15.2. The van der Waals surface area contributed by atoms with E-state index in [1.165, 1.54) is 11.1 Å². The molecule has 0 N–H and O–H groups in total. The highest BCUT2D eigenvalue weighted by atomic mass is 16.2. The lowest BCUT2D eigenvalue weighted by atomic mass is 10.1. The Morgan fingerprint density at radius 2 is 1.26 bits per heavy atom. The van der Waals surface area contributed by atoms with E-state index in [-0.39, 0.29) is 5.91 Å². The van der Waals surface area contributed by atoms with Crippen molar-refractivity contribution in [3.63, 3.8) is 0 Å². The Morgan fingerprint density at radius 1 is 0.710 bits per heavy atom. The maximum atomic E-state index is 13.0. The molecule has 3 aromatic rings. The van der Waals surface area contributed by atoms with Gasteiger partial charge in [-0.3, -0.25) is 4.79 Å². The summed E-state index contributed by atoms with van der Waals surface area (Å²) in [5.41, 5.74) is 6.41. The third-order valence-corrected chi connectivity index (χ3v) is 6.25. The number of nitriles is 1. The smallest absolute Gasteiger partial charge is 0.253 e. The number of hydrogen-bond acceptors (Lipinski definition) is 4. The molecule has 31 heavy (non-hydrogen) atoms. The SMILES string of the molecule is N#Cc1ccc(N2CCN(C(=O)c3ccc(N4Cc5ccccc5C4)cc3)CC2)cc1. The number of amides is 1. The van der Waals surface area contributed by atoms with Gasteiger partial charge in [0, 0.05) is 56.2 Å². The molecule has 5 heteroatoms. The topological polar surface area (TPSA) is 50.6 Å². The molecule has 0 aromatic heterocycles. The summed E-state index contributed by atoms with van der Waals surface area (Å²) in [7, 11) is 0. The largest absolute Gasteiger partial charge is 0.368 e. The lowest BCUT2D eigenvalue weighted by Crippen LogP contribution is -2.48. The molecule has 1 amide bonds. The first-order valence-electron chi connectivity index (χ1n) is 10.7. The number of benzene rings is 3. The lowest BCUT2D eigenvalue weighted by molar-refractivity contribution is 0.0747. The van der Waals surface area contributed by atoms with Crippen molar-refractivity contribution >= 4 is 17.3 Å². The number of fused-ring (bicyclic) bond motifs is 1. The predicted octanol–water partition coefficient (Wildman–Crippen LogP) is 4.04. The van der Waals surface area contributed by atoms with Gasteiger partial charge in [-0.25, -0.2) is 0 Å². The number of rotatable bonds is 3. The third-order valence-electron chi connectivity index (χ3n) is 6.25. The van der Waals surface area contributed by atoms with Crippen molar-refractivity contribution in [2.24, 2.45) is 0 Å². The average molecular weight is 409 g/mol. The maximum Gasteiger partial charge on any atom is 0.253 e. The van der Waals surface area contributed by atoms with E-state index in [4.69, 9.17) is 5.26 Å². The summed E-state index contributed by atoms with van der Waals surface area (Å²) in [5.74, 6) is 0.0933. The highest BCUT2D eigenvalue weighted by Gasteiger charge is 2.23. The van der Waals surface area contributed by atoms with Gasteiger partial charge in [-0.2, -0.15) is 5.26 Å². The normalized spacial score (nSPS) is 15.5. The van der Waals surface area contributed by atoms with Crippen LogP contribution in [0.4, 0.5) is 11.4 Å². The summed E-state index contributed by atoms with van der Waals surface area (Å²) in [6.45, 7) is 4.81. The molecular formula is C26H24N4O. The fourth-order valence-corrected chi connectivity index (χ4v) is 4.43. The van der Waals surface area contributed by atoms with Crippen LogP contribution in [-0.4, -0.2) is 37.0 Å². The monoisotopic (exact) mass is 408 g/mol. The Hall–Kier alpha value is -3.78. The molecule has 2 aliphatic rings. The Kier molecular flexibility index (Phi) is 5.05. The van der Waals surface area contributed by atoms with Crippen LogP contribution in [0.3, 0.4) is 0 Å². The molecule has 0 saturated carbocycles. The van der Waals surface area contributed by atoms with Crippen LogP contribution in [-0.2, 0) is 13.1 Å². The van der Waals surface area contributed by atoms with Gasteiger partial charge in [0.25, 0.3) is 5.91 Å². The van der Waals surface area contributed by atoms with Crippen LogP contribution in [0.25, 0.3) is 0 Å². The second-order valence-corrected chi connectivity index (χ2v) is 8.11. The standard InChI is InChI=1S/C26H24N4O/c27-17-20-5-9-24(10-6-20)28-13-15-29(16-14-28)26(31)21-7-11-25(12-8-21)30-18-22-3-1-2-4-23(22)19-30/h1-12H,13-16,18-19H2. The summed E-state index contributed by atoms with van der Waals surface area (Å²) in [6, 6.07) is 26.4. The van der Waals surface area contributed by atoms with Gasteiger partial charge in [0.05, 0.1) is 11.6 Å². The molecule has 0 atom stereocenters. The number of piperazine rings is 1.